The molecule has 1 aliphatic heterocycles. The molecule has 1 fully saturated rings. The zero-order valence-electron chi connectivity index (χ0n) is 33.8. The second-order valence-electron chi connectivity index (χ2n) is 14.4. The third-order valence-electron chi connectivity index (χ3n) is 10.2. The molecule has 2 aromatic heterocycles. The molecule has 3 heterocycles. The topological polar surface area (TPSA) is 188 Å². The van der Waals surface area contributed by atoms with Crippen molar-refractivity contribution in [1.29, 1.82) is 5.26 Å². The van der Waals surface area contributed by atoms with E-state index in [9.17, 15) is 20.0 Å². The van der Waals surface area contributed by atoms with Crippen LogP contribution in [-0.2, 0) is 30.7 Å². The number of aliphatic hydroxyl groups excluding tert-OH is 1. The van der Waals surface area contributed by atoms with Crippen LogP contribution in [0.3, 0.4) is 0 Å². The van der Waals surface area contributed by atoms with Gasteiger partial charge in [0.2, 0.25) is 0 Å². The van der Waals surface area contributed by atoms with E-state index in [0.717, 1.165) is 0 Å². The first-order valence-electron chi connectivity index (χ1n) is 19.2. The summed E-state index contributed by atoms with van der Waals surface area (Å²) < 4.78 is 42.9. The van der Waals surface area contributed by atoms with Crippen molar-refractivity contribution in [2.45, 2.75) is 89.0 Å². The molecule has 6 rings (SSSR count). The van der Waals surface area contributed by atoms with E-state index in [-0.39, 0.29) is 31.8 Å². The molecule has 2 N–H and O–H groups in total. The Hall–Kier alpha value is -5.24. The Morgan fingerprint density at radius 1 is 0.898 bits per heavy atom. The fraction of sp³-hybridized carbons (Fsp3) is 0.405. The maximum absolute atomic E-state index is 13.6. The van der Waals surface area contributed by atoms with Crippen molar-refractivity contribution < 1.29 is 33.1 Å². The zero-order chi connectivity index (χ0) is 42.1. The van der Waals surface area contributed by atoms with Crippen LogP contribution in [-0.4, -0.2) is 91.6 Å². The summed E-state index contributed by atoms with van der Waals surface area (Å²) in [6.45, 7) is 7.98. The number of rotatable bonds is 19. The highest BCUT2D eigenvalue weighted by atomic mass is 31.2. The molecule has 0 spiro atoms. The van der Waals surface area contributed by atoms with Gasteiger partial charge in [-0.15, -0.1) is 5.10 Å². The number of methoxy groups -OCH3 is 2. The van der Waals surface area contributed by atoms with Crippen molar-refractivity contribution >= 4 is 8.53 Å². The van der Waals surface area contributed by atoms with Crippen molar-refractivity contribution in [2.75, 3.05) is 20.8 Å². The third kappa shape index (κ3) is 9.32. The van der Waals surface area contributed by atoms with E-state index >= 15 is 0 Å². The Morgan fingerprint density at radius 3 is 2.03 bits per heavy atom. The molecule has 16 nitrogen and oxygen atoms in total. The van der Waals surface area contributed by atoms with Crippen molar-refractivity contribution in [1.82, 2.24) is 29.2 Å². The molecule has 0 bridgehead atoms. The Kier molecular flexibility index (Phi) is 14.5. The summed E-state index contributed by atoms with van der Waals surface area (Å²) >= 11 is 0. The molecule has 0 amide bonds. The van der Waals surface area contributed by atoms with E-state index in [2.05, 4.69) is 26.0 Å². The number of aromatic amines is 1. The number of H-pyrrole nitrogens is 1. The highest BCUT2D eigenvalue weighted by Crippen LogP contribution is 2.53. The van der Waals surface area contributed by atoms with Gasteiger partial charge < -0.3 is 33.1 Å². The monoisotopic (exact) mass is 827 g/mol. The van der Waals surface area contributed by atoms with Crippen LogP contribution < -0.4 is 20.7 Å². The van der Waals surface area contributed by atoms with Crippen LogP contribution in [0, 0.1) is 11.3 Å². The highest BCUT2D eigenvalue weighted by Gasteiger charge is 2.58. The van der Waals surface area contributed by atoms with Crippen LogP contribution in [0.4, 0.5) is 0 Å². The molecule has 5 aromatic rings. The molecule has 3 aromatic carbocycles. The number of hydrogen-bond donors (Lipinski definition) is 2. The van der Waals surface area contributed by atoms with Gasteiger partial charge >= 0.3 is 5.69 Å². The van der Waals surface area contributed by atoms with Crippen molar-refractivity contribution in [3.63, 3.8) is 0 Å². The van der Waals surface area contributed by atoms with E-state index in [1.165, 1.54) is 27.7 Å². The fourth-order valence-corrected chi connectivity index (χ4v) is 9.35. The summed E-state index contributed by atoms with van der Waals surface area (Å²) in [4.78, 5) is 28.3. The number of aromatic nitrogens is 5. The molecular formula is C42H50N7O9P. The van der Waals surface area contributed by atoms with Gasteiger partial charge in [-0.2, -0.15) is 5.26 Å². The van der Waals surface area contributed by atoms with Crippen LogP contribution in [0.25, 0.3) is 0 Å². The van der Waals surface area contributed by atoms with Gasteiger partial charge in [0.25, 0.3) is 14.1 Å². The fourth-order valence-electron chi connectivity index (χ4n) is 7.60. The largest absolute Gasteiger partial charge is 0.497 e. The number of nitrogens with zero attached hydrogens (tertiary/aromatic N) is 6. The Labute approximate surface area is 343 Å². The lowest BCUT2D eigenvalue weighted by Crippen LogP contribution is -2.53. The zero-order valence-corrected chi connectivity index (χ0v) is 34.7. The molecule has 0 aliphatic carbocycles. The van der Waals surface area contributed by atoms with E-state index in [1.54, 1.807) is 20.4 Å². The van der Waals surface area contributed by atoms with Crippen molar-refractivity contribution in [2.24, 2.45) is 0 Å². The molecule has 312 valence electrons. The second kappa shape index (κ2) is 19.7. The number of nitriles is 1. The van der Waals surface area contributed by atoms with Gasteiger partial charge in [-0.3, -0.25) is 14.3 Å². The number of hydrogen-bond acceptors (Lipinski definition) is 13. The lowest BCUT2D eigenvalue weighted by atomic mass is 9.64. The van der Waals surface area contributed by atoms with E-state index in [0.29, 0.717) is 28.2 Å². The van der Waals surface area contributed by atoms with Gasteiger partial charge in [0.05, 0.1) is 44.9 Å². The molecule has 0 saturated carbocycles. The summed E-state index contributed by atoms with van der Waals surface area (Å²) in [6.07, 6.45) is -1.76. The molecule has 6 atom stereocenters. The first kappa shape index (κ1) is 43.3. The van der Waals surface area contributed by atoms with E-state index in [1.807, 2.05) is 107 Å². The van der Waals surface area contributed by atoms with Crippen molar-refractivity contribution in [3.8, 4) is 17.6 Å². The van der Waals surface area contributed by atoms with Gasteiger partial charge in [-0.1, -0.05) is 59.8 Å². The summed E-state index contributed by atoms with van der Waals surface area (Å²) in [5, 5.41) is 31.1. The van der Waals surface area contributed by atoms with Gasteiger partial charge in [0.1, 0.15) is 42.6 Å². The van der Waals surface area contributed by atoms with Gasteiger partial charge in [0.15, 0.2) is 6.23 Å². The summed E-state index contributed by atoms with van der Waals surface area (Å²) in [5.74, 6) is 1.22. The normalized spacial score (nSPS) is 19.2. The van der Waals surface area contributed by atoms with Crippen LogP contribution >= 0.6 is 8.53 Å². The van der Waals surface area contributed by atoms with Crippen LogP contribution in [0.1, 0.15) is 57.0 Å². The average molecular weight is 828 g/mol. The summed E-state index contributed by atoms with van der Waals surface area (Å²) in [5.41, 5.74) is -0.652. The maximum Gasteiger partial charge on any atom is 0.330 e. The number of ether oxygens (including phenoxy) is 4. The second-order valence-corrected chi connectivity index (χ2v) is 15.8. The Bertz CT molecular complexity index is 2170. The highest BCUT2D eigenvalue weighted by molar-refractivity contribution is 7.44. The maximum atomic E-state index is 13.6. The van der Waals surface area contributed by atoms with Crippen LogP contribution in [0.5, 0.6) is 11.5 Å². The first-order valence-corrected chi connectivity index (χ1v) is 20.4. The smallest absolute Gasteiger partial charge is 0.330 e. The molecule has 1 saturated heterocycles. The van der Waals surface area contributed by atoms with Crippen molar-refractivity contribution in [3.05, 3.63) is 141 Å². The number of nitrogens with one attached hydrogen (secondary N) is 1. The molecule has 1 aliphatic rings. The van der Waals surface area contributed by atoms with Gasteiger partial charge in [-0.05, 0) is 68.7 Å². The minimum absolute atomic E-state index is 0.0673. The SMILES string of the molecule is COc1ccc(C(c2ccccc2)(c2ccc(OC)cc2)C(O)[C@H]2O[C@@H](n3ccc(=O)[nH]c3=O)[C@H](OCn3ccnn3)[C@@H]2OP(OCCC#N)N(C(C)C)C(C)C)cc1. The first-order chi connectivity index (χ1) is 28.5. The average Bonchev–Trinajstić information content (AvgIpc) is 3.89. The third-order valence-corrected chi connectivity index (χ3v) is 12.3. The van der Waals surface area contributed by atoms with E-state index < -0.39 is 55.8 Å². The molecule has 17 heteroatoms. The summed E-state index contributed by atoms with van der Waals surface area (Å²) in [6, 6.07) is 27.6. The standard InChI is InChI=1S/C42H50N7O9P/c1-28(2)49(29(3)4)59(56-26-10-22-43)58-36-37(57-40(48-24-21-35(50)45-41(48)52)38(36)55-27-47-25-23-44-46-47)39(51)42(30-11-8-7-9-12-30,31-13-17-33(53-5)18-14-31)32-15-19-34(54-6)20-16-32/h7-9,11-21,23-25,28-29,36-40,51H,10,26-27H2,1-6H3,(H,45,50,52)/t36-,37+,38-,39?,40-,59?/m1/s1. The lowest BCUT2D eigenvalue weighted by Gasteiger charge is -2.44. The van der Waals surface area contributed by atoms with Crippen LogP contribution in [0.15, 0.2) is 113 Å². The summed E-state index contributed by atoms with van der Waals surface area (Å²) in [7, 11) is 1.19. The minimum atomic E-state index is -1.97. The predicted molar refractivity (Wildman–Crippen MR) is 219 cm³/mol. The van der Waals surface area contributed by atoms with E-state index in [4.69, 9.17) is 28.0 Å². The lowest BCUT2D eigenvalue weighted by molar-refractivity contribution is -0.107. The molecule has 0 radical (unpaired) electrons. The Morgan fingerprint density at radius 2 is 1.51 bits per heavy atom. The van der Waals surface area contributed by atoms with Gasteiger partial charge in [-0.25, -0.2) is 14.1 Å². The quantitative estimate of drug-likeness (QED) is 0.0633. The molecule has 2 unspecified atom stereocenters. The number of benzene rings is 3. The number of aliphatic hydroxyl groups is 1. The minimum Gasteiger partial charge on any atom is -0.497 e. The van der Waals surface area contributed by atoms with Crippen LogP contribution in [0.2, 0.25) is 0 Å². The predicted octanol–water partition coefficient (Wildman–Crippen LogP) is 5.14. The molecular weight excluding hydrogens is 777 g/mol. The van der Waals surface area contributed by atoms with Gasteiger partial charge in [0, 0.05) is 30.5 Å². The molecule has 59 heavy (non-hydrogen) atoms. The Balaban J connectivity index is 1.61.